The van der Waals surface area contributed by atoms with Crippen LogP contribution in [0.5, 0.6) is 5.88 Å². The molecule has 1 aromatic heterocycles. The van der Waals surface area contributed by atoms with E-state index in [1.54, 1.807) is 0 Å². The Labute approximate surface area is 108 Å². The first-order chi connectivity index (χ1) is 8.77. The Morgan fingerprint density at radius 3 is 2.72 bits per heavy atom. The second kappa shape index (κ2) is 8.55. The summed E-state index contributed by atoms with van der Waals surface area (Å²) in [5.74, 6) is 0.275. The molecule has 1 rings (SSSR count). The van der Waals surface area contributed by atoms with E-state index in [-0.39, 0.29) is 11.7 Å². The van der Waals surface area contributed by atoms with E-state index in [0.29, 0.717) is 12.4 Å². The molecule has 0 spiro atoms. The molecule has 0 radical (unpaired) electrons. The van der Waals surface area contributed by atoms with E-state index in [1.807, 2.05) is 0 Å². The van der Waals surface area contributed by atoms with Gasteiger partial charge in [-0.2, -0.15) is 0 Å². The molecule has 0 aromatic carbocycles. The lowest BCUT2D eigenvalue weighted by Crippen LogP contribution is -2.23. The molecule has 1 aromatic rings. The number of hydrogen-bond acceptors (Lipinski definition) is 4. The molecule has 0 aliphatic rings. The molecule has 5 heteroatoms. The Hall–Kier alpha value is -1.52. The lowest BCUT2D eigenvalue weighted by Gasteiger charge is -2.02. The predicted molar refractivity (Wildman–Crippen MR) is 68.8 cm³/mol. The highest BCUT2D eigenvalue weighted by Gasteiger charge is 2.12. The summed E-state index contributed by atoms with van der Waals surface area (Å²) in [6.45, 7) is 2.87. The molecule has 0 saturated heterocycles. The van der Waals surface area contributed by atoms with Gasteiger partial charge in [0.05, 0.1) is 13.2 Å². The number of amides is 1. The van der Waals surface area contributed by atoms with Crippen molar-refractivity contribution >= 4 is 5.91 Å². The Morgan fingerprint density at radius 1 is 1.33 bits per heavy atom. The van der Waals surface area contributed by atoms with Gasteiger partial charge < -0.3 is 14.6 Å². The molecular weight excluding hydrogens is 232 g/mol. The number of rotatable bonds is 9. The summed E-state index contributed by atoms with van der Waals surface area (Å²) in [6, 6.07) is 1.48. The third-order valence-electron chi connectivity index (χ3n) is 2.74. The lowest BCUT2D eigenvalue weighted by atomic mass is 10.1. The van der Waals surface area contributed by atoms with Gasteiger partial charge in [-0.15, -0.1) is 0 Å². The van der Waals surface area contributed by atoms with E-state index in [2.05, 4.69) is 17.4 Å². The van der Waals surface area contributed by atoms with Crippen LogP contribution < -0.4 is 10.1 Å². The van der Waals surface area contributed by atoms with Gasteiger partial charge in [-0.05, 0) is 11.6 Å². The van der Waals surface area contributed by atoms with Crippen molar-refractivity contribution in [2.45, 2.75) is 45.4 Å². The van der Waals surface area contributed by atoms with Crippen LogP contribution in [0.25, 0.3) is 0 Å². The Bertz CT molecular complexity index is 350. The fourth-order valence-corrected chi connectivity index (χ4v) is 1.66. The molecule has 0 atom stereocenters. The number of carbonyl (C=O) groups excluding carboxylic acids is 1. The number of nitrogens with one attached hydrogen (secondary N) is 1. The zero-order valence-corrected chi connectivity index (χ0v) is 11.2. The normalized spacial score (nSPS) is 10.3. The summed E-state index contributed by atoms with van der Waals surface area (Å²) < 4.78 is 9.68. The van der Waals surface area contributed by atoms with Crippen molar-refractivity contribution < 1.29 is 14.1 Å². The van der Waals surface area contributed by atoms with E-state index in [0.717, 1.165) is 12.8 Å². The predicted octanol–water partition coefficient (Wildman–Crippen LogP) is 2.77. The molecule has 5 nitrogen and oxygen atoms in total. The molecule has 1 heterocycles. The van der Waals surface area contributed by atoms with Crippen LogP contribution in [0, 0.1) is 0 Å². The van der Waals surface area contributed by atoms with Gasteiger partial charge >= 0.3 is 0 Å². The van der Waals surface area contributed by atoms with Crippen molar-refractivity contribution in [3.8, 4) is 5.88 Å². The van der Waals surface area contributed by atoms with Crippen LogP contribution in [0.2, 0.25) is 0 Å². The minimum absolute atomic E-state index is 0.192. The molecule has 0 bridgehead atoms. The molecule has 0 aliphatic carbocycles. The maximum Gasteiger partial charge on any atom is 0.290 e. The summed E-state index contributed by atoms with van der Waals surface area (Å²) in [7, 11) is 1.48. The van der Waals surface area contributed by atoms with Gasteiger partial charge in [0, 0.05) is 6.54 Å². The van der Waals surface area contributed by atoms with E-state index in [4.69, 9.17) is 9.26 Å². The van der Waals surface area contributed by atoms with Crippen molar-refractivity contribution in [3.05, 3.63) is 11.8 Å². The van der Waals surface area contributed by atoms with Crippen molar-refractivity contribution in [1.29, 1.82) is 0 Å². The van der Waals surface area contributed by atoms with Gasteiger partial charge in [-0.1, -0.05) is 39.0 Å². The van der Waals surface area contributed by atoms with Crippen molar-refractivity contribution in [3.63, 3.8) is 0 Å². The van der Waals surface area contributed by atoms with Gasteiger partial charge in [-0.3, -0.25) is 4.79 Å². The first-order valence-corrected chi connectivity index (χ1v) is 6.56. The van der Waals surface area contributed by atoms with Crippen molar-refractivity contribution in [2.24, 2.45) is 0 Å². The number of ether oxygens (including phenoxy) is 1. The zero-order chi connectivity index (χ0) is 13.2. The average Bonchev–Trinajstić information content (AvgIpc) is 2.86. The maximum atomic E-state index is 11.6. The molecular formula is C13H22N2O3. The van der Waals surface area contributed by atoms with Crippen LogP contribution >= 0.6 is 0 Å². The third-order valence-corrected chi connectivity index (χ3v) is 2.74. The number of carbonyl (C=O) groups is 1. The minimum Gasteiger partial charge on any atom is -0.479 e. The molecule has 1 amide bonds. The summed E-state index contributed by atoms with van der Waals surface area (Å²) in [5, 5.41) is 6.37. The number of hydrogen-bond donors (Lipinski definition) is 1. The van der Waals surface area contributed by atoms with Crippen LogP contribution in [-0.2, 0) is 0 Å². The molecule has 102 valence electrons. The number of methoxy groups -OCH3 is 1. The Morgan fingerprint density at radius 2 is 2.06 bits per heavy atom. The summed E-state index contributed by atoms with van der Waals surface area (Å²) in [5.41, 5.74) is 0. The Balaban J connectivity index is 2.10. The van der Waals surface area contributed by atoms with Crippen LogP contribution in [-0.4, -0.2) is 24.7 Å². The molecule has 0 unspecified atom stereocenters. The second-order valence-corrected chi connectivity index (χ2v) is 4.26. The summed E-state index contributed by atoms with van der Waals surface area (Å²) in [4.78, 5) is 11.6. The largest absolute Gasteiger partial charge is 0.479 e. The zero-order valence-electron chi connectivity index (χ0n) is 11.2. The van der Waals surface area contributed by atoms with E-state index in [1.165, 1.54) is 38.9 Å². The van der Waals surface area contributed by atoms with Crippen molar-refractivity contribution in [1.82, 2.24) is 10.5 Å². The minimum atomic E-state index is -0.237. The highest BCUT2D eigenvalue weighted by molar-refractivity contribution is 5.91. The number of nitrogens with zero attached hydrogens (tertiary/aromatic N) is 1. The van der Waals surface area contributed by atoms with E-state index >= 15 is 0 Å². The fraction of sp³-hybridized carbons (Fsp3) is 0.692. The van der Waals surface area contributed by atoms with Gasteiger partial charge in [-0.25, -0.2) is 0 Å². The molecule has 18 heavy (non-hydrogen) atoms. The van der Waals surface area contributed by atoms with Crippen molar-refractivity contribution in [2.75, 3.05) is 13.7 Å². The van der Waals surface area contributed by atoms with Crippen LogP contribution in [0.1, 0.15) is 56.0 Å². The molecule has 0 saturated carbocycles. The highest BCUT2D eigenvalue weighted by atomic mass is 16.5. The molecule has 0 fully saturated rings. The lowest BCUT2D eigenvalue weighted by molar-refractivity contribution is 0.0915. The van der Waals surface area contributed by atoms with Crippen LogP contribution in [0.3, 0.4) is 0 Å². The topological polar surface area (TPSA) is 64.4 Å². The van der Waals surface area contributed by atoms with E-state index in [9.17, 15) is 4.79 Å². The van der Waals surface area contributed by atoms with Crippen LogP contribution in [0.4, 0.5) is 0 Å². The first-order valence-electron chi connectivity index (χ1n) is 6.56. The van der Waals surface area contributed by atoms with Gasteiger partial charge in [0.25, 0.3) is 11.8 Å². The summed E-state index contributed by atoms with van der Waals surface area (Å²) in [6.07, 6.45) is 7.22. The average molecular weight is 254 g/mol. The monoisotopic (exact) mass is 254 g/mol. The Kier molecular flexibility index (Phi) is 6.91. The molecule has 0 aliphatic heterocycles. The quantitative estimate of drug-likeness (QED) is 0.688. The third kappa shape index (κ3) is 5.21. The first kappa shape index (κ1) is 14.5. The second-order valence-electron chi connectivity index (χ2n) is 4.26. The number of unbranched alkanes of at least 4 members (excludes halogenated alkanes) is 5. The molecule has 1 N–H and O–H groups in total. The summed E-state index contributed by atoms with van der Waals surface area (Å²) >= 11 is 0. The van der Waals surface area contributed by atoms with E-state index < -0.39 is 0 Å². The van der Waals surface area contributed by atoms with Crippen LogP contribution in [0.15, 0.2) is 10.6 Å². The standard InChI is InChI=1S/C13H22N2O3/c1-3-4-5-6-7-8-9-14-13(16)11-10-12(17-2)15-18-11/h10H,3-9H2,1-2H3,(H,14,16). The maximum absolute atomic E-state index is 11.6. The smallest absolute Gasteiger partial charge is 0.290 e. The SMILES string of the molecule is CCCCCCCCNC(=O)c1cc(OC)no1. The highest BCUT2D eigenvalue weighted by Crippen LogP contribution is 2.10. The fourth-order valence-electron chi connectivity index (χ4n) is 1.66. The van der Waals surface area contributed by atoms with Gasteiger partial charge in [0.15, 0.2) is 0 Å². The number of aromatic nitrogens is 1. The van der Waals surface area contributed by atoms with Gasteiger partial charge in [0.1, 0.15) is 0 Å². The van der Waals surface area contributed by atoms with Gasteiger partial charge in [0.2, 0.25) is 5.76 Å².